The maximum atomic E-state index is 9.85. The van der Waals surface area contributed by atoms with Crippen LogP contribution in [0.3, 0.4) is 0 Å². The zero-order valence-electron chi connectivity index (χ0n) is 4.57. The number of hydrogen-bond acceptors (Lipinski definition) is 3. The second-order valence-electron chi connectivity index (χ2n) is 1.54. The van der Waals surface area contributed by atoms with Gasteiger partial charge in [0, 0.05) is 0 Å². The fraction of sp³-hybridized carbons (Fsp3) is 0.600. The van der Waals surface area contributed by atoms with Gasteiger partial charge in [0.25, 0.3) is 0 Å². The number of carboxylic acid groups (broad SMARTS) is 2. The molecule has 0 radical (unpaired) electrons. The Hall–Kier alpha value is -1.10. The molecule has 10 heavy (non-hydrogen) atoms. The van der Waals surface area contributed by atoms with Crippen LogP contribution in [0.15, 0.2) is 0 Å². The Morgan fingerprint density at radius 2 is 1.80 bits per heavy atom. The monoisotopic (exact) mass is 149 g/mol. The highest BCUT2D eigenvalue weighted by Gasteiger charge is 2.14. The number of carbonyl (C=O) groups is 2. The van der Waals surface area contributed by atoms with Gasteiger partial charge in [-0.3, -0.25) is 9.59 Å². The highest BCUT2D eigenvalue weighted by atomic mass is 16.4. The maximum Gasteiger partial charge on any atom is 0.321 e. The van der Waals surface area contributed by atoms with Gasteiger partial charge < -0.3 is 15.9 Å². The van der Waals surface area contributed by atoms with Gasteiger partial charge in [-0.25, -0.2) is 0 Å². The summed E-state index contributed by atoms with van der Waals surface area (Å²) in [6.07, 6.45) is -0.532. The highest BCUT2D eigenvalue weighted by molar-refractivity contribution is 5.80. The van der Waals surface area contributed by atoms with Gasteiger partial charge in [-0.1, -0.05) is 7.43 Å². The molecular formula is C5H11NO4. The summed E-state index contributed by atoms with van der Waals surface area (Å²) in [4.78, 5) is 19.6. The number of aliphatic carboxylic acids is 2. The van der Waals surface area contributed by atoms with Crippen molar-refractivity contribution < 1.29 is 19.8 Å². The van der Waals surface area contributed by atoms with E-state index in [4.69, 9.17) is 15.9 Å². The van der Waals surface area contributed by atoms with Crippen molar-refractivity contribution in [2.45, 2.75) is 19.9 Å². The van der Waals surface area contributed by atoms with Crippen molar-refractivity contribution in [1.82, 2.24) is 0 Å². The topological polar surface area (TPSA) is 101 Å². The highest BCUT2D eigenvalue weighted by Crippen LogP contribution is 1.86. The summed E-state index contributed by atoms with van der Waals surface area (Å²) in [5, 5.41) is 16.0. The Balaban J connectivity index is 0. The summed E-state index contributed by atoms with van der Waals surface area (Å²) in [6, 6.07) is -1.29. The molecule has 5 nitrogen and oxygen atoms in total. The van der Waals surface area contributed by atoms with Gasteiger partial charge in [-0.2, -0.15) is 0 Å². The quantitative estimate of drug-likeness (QED) is 0.502. The fourth-order valence-corrected chi connectivity index (χ4v) is 0.275. The van der Waals surface area contributed by atoms with Gasteiger partial charge in [-0.15, -0.1) is 0 Å². The first kappa shape index (κ1) is 11.7. The molecule has 0 saturated carbocycles. The van der Waals surface area contributed by atoms with Crippen LogP contribution in [0.5, 0.6) is 0 Å². The van der Waals surface area contributed by atoms with Crippen LogP contribution in [0.2, 0.25) is 0 Å². The standard InChI is InChI=1S/C4H7NO4.CH4/c5-2(4(8)9)1-3(6)7;/h2H,1,5H2,(H,6,7)(H,8,9);1H4/t2-;/m0./s1. The lowest BCUT2D eigenvalue weighted by Crippen LogP contribution is -2.32. The molecule has 0 aliphatic rings. The van der Waals surface area contributed by atoms with Gasteiger partial charge in [-0.05, 0) is 0 Å². The van der Waals surface area contributed by atoms with E-state index in [1.165, 1.54) is 0 Å². The van der Waals surface area contributed by atoms with Crippen LogP contribution in [0, 0.1) is 0 Å². The number of hydrogen-bond donors (Lipinski definition) is 3. The number of rotatable bonds is 3. The minimum atomic E-state index is -1.29. The first-order chi connectivity index (χ1) is 4.04. The molecule has 1 atom stereocenters. The summed E-state index contributed by atoms with van der Waals surface area (Å²) < 4.78 is 0. The van der Waals surface area contributed by atoms with Crippen molar-refractivity contribution in [3.8, 4) is 0 Å². The molecular weight excluding hydrogens is 138 g/mol. The zero-order chi connectivity index (χ0) is 7.44. The van der Waals surface area contributed by atoms with E-state index in [0.717, 1.165) is 0 Å². The second-order valence-corrected chi connectivity index (χ2v) is 1.54. The van der Waals surface area contributed by atoms with Crippen molar-refractivity contribution in [2.24, 2.45) is 5.73 Å². The number of carboxylic acids is 2. The summed E-state index contributed by atoms with van der Waals surface area (Å²) in [5.41, 5.74) is 4.84. The average Bonchev–Trinajstić information content (AvgIpc) is 1.63. The molecule has 0 rings (SSSR count). The van der Waals surface area contributed by atoms with Crippen molar-refractivity contribution in [2.75, 3.05) is 0 Å². The third-order valence-electron chi connectivity index (χ3n) is 0.712. The van der Waals surface area contributed by atoms with E-state index in [2.05, 4.69) is 0 Å². The van der Waals surface area contributed by atoms with Gasteiger partial charge in [0.1, 0.15) is 6.04 Å². The summed E-state index contributed by atoms with van der Waals surface area (Å²) >= 11 is 0. The van der Waals surface area contributed by atoms with Gasteiger partial charge in [0.05, 0.1) is 6.42 Å². The van der Waals surface area contributed by atoms with Crippen molar-refractivity contribution in [1.29, 1.82) is 0 Å². The maximum absolute atomic E-state index is 9.85. The molecule has 4 N–H and O–H groups in total. The second kappa shape index (κ2) is 4.75. The lowest BCUT2D eigenvalue weighted by molar-refractivity contribution is -0.144. The molecule has 0 heterocycles. The largest absolute Gasteiger partial charge is 0.481 e. The summed E-state index contributed by atoms with van der Waals surface area (Å²) in [5.74, 6) is -2.50. The van der Waals surface area contributed by atoms with Gasteiger partial charge in [0.2, 0.25) is 0 Å². The third kappa shape index (κ3) is 5.04. The molecule has 0 aromatic rings. The molecule has 0 aliphatic carbocycles. The molecule has 0 spiro atoms. The van der Waals surface area contributed by atoms with E-state index >= 15 is 0 Å². The smallest absolute Gasteiger partial charge is 0.321 e. The van der Waals surface area contributed by atoms with Gasteiger partial charge >= 0.3 is 11.9 Å². The molecule has 0 amide bonds. The lowest BCUT2D eigenvalue weighted by Gasteiger charge is -1.99. The predicted molar refractivity (Wildman–Crippen MR) is 34.6 cm³/mol. The Kier molecular flexibility index (Phi) is 5.54. The Bertz CT molecular complexity index is 134. The Morgan fingerprint density at radius 3 is 1.90 bits per heavy atom. The van der Waals surface area contributed by atoms with Crippen LogP contribution < -0.4 is 5.73 Å². The molecule has 0 fully saturated rings. The molecule has 0 unspecified atom stereocenters. The van der Waals surface area contributed by atoms with E-state index < -0.39 is 24.4 Å². The van der Waals surface area contributed by atoms with Crippen molar-refractivity contribution in [3.05, 3.63) is 0 Å². The molecule has 0 bridgehead atoms. The zero-order valence-corrected chi connectivity index (χ0v) is 4.57. The molecule has 60 valence electrons. The Morgan fingerprint density at radius 1 is 1.40 bits per heavy atom. The van der Waals surface area contributed by atoms with E-state index in [9.17, 15) is 9.59 Å². The first-order valence-electron chi connectivity index (χ1n) is 2.24. The normalized spacial score (nSPS) is 11.3. The SMILES string of the molecule is C.N[C@@H](CC(=O)O)C(=O)O. The van der Waals surface area contributed by atoms with Crippen molar-refractivity contribution in [3.63, 3.8) is 0 Å². The average molecular weight is 149 g/mol. The molecule has 0 aliphatic heterocycles. The molecule has 0 aromatic heterocycles. The van der Waals surface area contributed by atoms with Crippen LogP contribution in [-0.4, -0.2) is 28.2 Å². The van der Waals surface area contributed by atoms with Crippen LogP contribution in [-0.2, 0) is 9.59 Å². The molecule has 5 heteroatoms. The van der Waals surface area contributed by atoms with E-state index in [0.29, 0.717) is 0 Å². The van der Waals surface area contributed by atoms with E-state index in [1.54, 1.807) is 0 Å². The van der Waals surface area contributed by atoms with Crippen molar-refractivity contribution >= 4 is 11.9 Å². The fourth-order valence-electron chi connectivity index (χ4n) is 0.275. The molecule has 0 saturated heterocycles. The van der Waals surface area contributed by atoms with Gasteiger partial charge in [0.15, 0.2) is 0 Å². The molecule has 0 aromatic carbocycles. The Labute approximate surface area is 58.5 Å². The third-order valence-corrected chi connectivity index (χ3v) is 0.712. The predicted octanol–water partition coefficient (Wildman–Crippen LogP) is -0.491. The minimum Gasteiger partial charge on any atom is -0.481 e. The van der Waals surface area contributed by atoms with Crippen LogP contribution in [0.4, 0.5) is 0 Å². The van der Waals surface area contributed by atoms with E-state index in [1.807, 2.05) is 0 Å². The summed E-state index contributed by atoms with van der Waals surface area (Å²) in [7, 11) is 0. The minimum absolute atomic E-state index is 0. The summed E-state index contributed by atoms with van der Waals surface area (Å²) in [6.45, 7) is 0. The van der Waals surface area contributed by atoms with Crippen LogP contribution in [0.25, 0.3) is 0 Å². The van der Waals surface area contributed by atoms with E-state index in [-0.39, 0.29) is 7.43 Å². The van der Waals surface area contributed by atoms with Crippen LogP contribution in [0.1, 0.15) is 13.8 Å². The first-order valence-corrected chi connectivity index (χ1v) is 2.24. The van der Waals surface area contributed by atoms with Crippen LogP contribution >= 0.6 is 0 Å². The lowest BCUT2D eigenvalue weighted by atomic mass is 10.2. The number of nitrogens with two attached hydrogens (primary N) is 1.